The van der Waals surface area contributed by atoms with Crippen molar-refractivity contribution >= 4 is 11.6 Å². The summed E-state index contributed by atoms with van der Waals surface area (Å²) in [7, 11) is 0. The second-order valence-electron chi connectivity index (χ2n) is 4.11. The molecule has 6 heteroatoms. The lowest BCUT2D eigenvalue weighted by Gasteiger charge is -2.03. The Morgan fingerprint density at radius 2 is 2.00 bits per heavy atom. The molecular weight excluding hydrogens is 272 g/mol. The molecule has 1 aromatic carbocycles. The first-order valence-electron chi connectivity index (χ1n) is 5.53. The van der Waals surface area contributed by atoms with Gasteiger partial charge < -0.3 is 0 Å². The normalized spacial score (nSPS) is 10.7. The molecule has 2 aromatic rings. The van der Waals surface area contributed by atoms with Gasteiger partial charge in [-0.15, -0.1) is 0 Å². The first kappa shape index (κ1) is 13.5. The van der Waals surface area contributed by atoms with E-state index in [4.69, 9.17) is 16.9 Å². The molecule has 2 rings (SSSR count). The number of nitrogens with zero attached hydrogens (tertiary/aromatic N) is 3. The van der Waals surface area contributed by atoms with Gasteiger partial charge >= 0.3 is 0 Å². The Morgan fingerprint density at radius 1 is 1.37 bits per heavy atom. The highest BCUT2D eigenvalue weighted by Crippen LogP contribution is 2.27. The van der Waals surface area contributed by atoms with Crippen LogP contribution in [0, 0.1) is 18.3 Å². The minimum absolute atomic E-state index is 0.0571. The van der Waals surface area contributed by atoms with E-state index in [0.29, 0.717) is 0 Å². The summed E-state index contributed by atoms with van der Waals surface area (Å²) in [5, 5.41) is 12.5. The summed E-state index contributed by atoms with van der Waals surface area (Å²) in [6.07, 6.45) is -2.81. The molecule has 0 aliphatic heterocycles. The molecule has 0 amide bonds. The van der Waals surface area contributed by atoms with E-state index in [-0.39, 0.29) is 17.3 Å². The van der Waals surface area contributed by atoms with Crippen LogP contribution in [0.2, 0.25) is 5.15 Å². The third-order valence-corrected chi connectivity index (χ3v) is 3.07. The predicted octanol–water partition coefficient (Wildman–Crippen LogP) is 3.70. The third kappa shape index (κ3) is 2.74. The van der Waals surface area contributed by atoms with Crippen molar-refractivity contribution in [1.29, 1.82) is 5.26 Å². The van der Waals surface area contributed by atoms with E-state index in [1.807, 2.05) is 31.2 Å². The van der Waals surface area contributed by atoms with E-state index < -0.39 is 12.1 Å². The maximum atomic E-state index is 12.7. The molecule has 19 heavy (non-hydrogen) atoms. The number of nitriles is 1. The van der Waals surface area contributed by atoms with Crippen LogP contribution in [0.5, 0.6) is 0 Å². The monoisotopic (exact) mass is 281 g/mol. The van der Waals surface area contributed by atoms with Crippen molar-refractivity contribution in [2.45, 2.75) is 19.9 Å². The fourth-order valence-corrected chi connectivity index (χ4v) is 1.92. The lowest BCUT2D eigenvalue weighted by Crippen LogP contribution is -2.02. The van der Waals surface area contributed by atoms with Crippen LogP contribution in [0.15, 0.2) is 24.3 Å². The predicted molar refractivity (Wildman–Crippen MR) is 67.2 cm³/mol. The van der Waals surface area contributed by atoms with Gasteiger partial charge in [-0.25, -0.2) is 13.5 Å². The molecule has 0 bridgehead atoms. The molecule has 0 radical (unpaired) electrons. The highest BCUT2D eigenvalue weighted by Gasteiger charge is 2.23. The van der Waals surface area contributed by atoms with E-state index in [0.717, 1.165) is 11.1 Å². The van der Waals surface area contributed by atoms with Gasteiger partial charge in [0, 0.05) is 0 Å². The molecule has 3 nitrogen and oxygen atoms in total. The number of hydrogen-bond acceptors (Lipinski definition) is 2. The molecule has 0 saturated heterocycles. The molecule has 0 saturated carbocycles. The number of benzene rings is 1. The summed E-state index contributed by atoms with van der Waals surface area (Å²) in [6.45, 7) is 2.20. The molecule has 0 aliphatic rings. The highest BCUT2D eigenvalue weighted by molar-refractivity contribution is 6.30. The molecule has 1 heterocycles. The van der Waals surface area contributed by atoms with Gasteiger partial charge in [0.15, 0.2) is 0 Å². The van der Waals surface area contributed by atoms with Crippen LogP contribution in [-0.2, 0) is 6.54 Å². The number of halogens is 3. The van der Waals surface area contributed by atoms with Crippen molar-refractivity contribution in [3.8, 4) is 6.07 Å². The number of aromatic nitrogens is 2. The van der Waals surface area contributed by atoms with Crippen molar-refractivity contribution < 1.29 is 8.78 Å². The highest BCUT2D eigenvalue weighted by atomic mass is 35.5. The van der Waals surface area contributed by atoms with Crippen molar-refractivity contribution in [3.05, 3.63) is 51.8 Å². The Kier molecular flexibility index (Phi) is 3.82. The van der Waals surface area contributed by atoms with Gasteiger partial charge in [-0.3, -0.25) is 0 Å². The number of rotatable bonds is 3. The average molecular weight is 282 g/mol. The quantitative estimate of drug-likeness (QED) is 0.861. The number of hydrogen-bond donors (Lipinski definition) is 0. The Bertz CT molecular complexity index is 627. The number of alkyl halides is 2. The maximum absolute atomic E-state index is 12.7. The van der Waals surface area contributed by atoms with Crippen LogP contribution in [0.25, 0.3) is 0 Å². The Morgan fingerprint density at radius 3 is 2.47 bits per heavy atom. The van der Waals surface area contributed by atoms with Crippen molar-refractivity contribution in [1.82, 2.24) is 9.78 Å². The van der Waals surface area contributed by atoms with Crippen LogP contribution in [-0.4, -0.2) is 9.78 Å². The molecule has 98 valence electrons. The minimum Gasteiger partial charge on any atom is -0.248 e. The van der Waals surface area contributed by atoms with Gasteiger partial charge in [-0.1, -0.05) is 41.4 Å². The summed E-state index contributed by atoms with van der Waals surface area (Å²) < 4.78 is 26.6. The van der Waals surface area contributed by atoms with Crippen LogP contribution in [0.3, 0.4) is 0 Å². The maximum Gasteiger partial charge on any atom is 0.283 e. The van der Waals surface area contributed by atoms with Crippen molar-refractivity contribution in [2.75, 3.05) is 0 Å². The summed E-state index contributed by atoms with van der Waals surface area (Å²) in [5.74, 6) is 0. The SMILES string of the molecule is Cc1ccc(Cn2nc(C(F)F)c(C#N)c2Cl)cc1. The summed E-state index contributed by atoms with van der Waals surface area (Å²) in [4.78, 5) is 0. The van der Waals surface area contributed by atoms with Crippen LogP contribution in [0.1, 0.15) is 28.8 Å². The second kappa shape index (κ2) is 5.37. The molecule has 1 aromatic heterocycles. The number of aryl methyl sites for hydroxylation is 1. The van der Waals surface area contributed by atoms with Gasteiger partial charge in [-0.05, 0) is 12.5 Å². The lowest BCUT2D eigenvalue weighted by atomic mass is 10.1. The van der Waals surface area contributed by atoms with Gasteiger partial charge in [0.25, 0.3) is 6.43 Å². The van der Waals surface area contributed by atoms with E-state index in [1.54, 1.807) is 6.07 Å². The van der Waals surface area contributed by atoms with E-state index in [1.165, 1.54) is 4.68 Å². The molecule has 0 atom stereocenters. The second-order valence-corrected chi connectivity index (χ2v) is 4.46. The first-order chi connectivity index (χ1) is 9.02. The van der Waals surface area contributed by atoms with Gasteiger partial charge in [0.05, 0.1) is 6.54 Å². The zero-order valence-corrected chi connectivity index (χ0v) is 10.8. The standard InChI is InChI=1S/C13H10ClF2N3/c1-8-2-4-9(5-3-8)7-19-12(14)10(6-17)11(18-19)13(15)16/h2-5,13H,7H2,1H3. The fourth-order valence-electron chi connectivity index (χ4n) is 1.69. The van der Waals surface area contributed by atoms with E-state index in [2.05, 4.69) is 5.10 Å². The molecule has 0 unspecified atom stereocenters. The van der Waals surface area contributed by atoms with Gasteiger partial charge in [-0.2, -0.15) is 10.4 Å². The summed E-state index contributed by atoms with van der Waals surface area (Å²) in [5.41, 5.74) is 1.14. The van der Waals surface area contributed by atoms with Crippen LogP contribution < -0.4 is 0 Å². The first-order valence-corrected chi connectivity index (χ1v) is 5.90. The van der Waals surface area contributed by atoms with Gasteiger partial charge in [0.1, 0.15) is 22.5 Å². The average Bonchev–Trinajstić information content (AvgIpc) is 2.69. The van der Waals surface area contributed by atoms with Crippen molar-refractivity contribution in [3.63, 3.8) is 0 Å². The molecule has 0 aliphatic carbocycles. The molecular formula is C13H10ClF2N3. The van der Waals surface area contributed by atoms with Crippen molar-refractivity contribution in [2.24, 2.45) is 0 Å². The Balaban J connectivity index is 2.36. The zero-order chi connectivity index (χ0) is 14.0. The van der Waals surface area contributed by atoms with E-state index >= 15 is 0 Å². The smallest absolute Gasteiger partial charge is 0.248 e. The van der Waals surface area contributed by atoms with Crippen LogP contribution in [0.4, 0.5) is 8.78 Å². The van der Waals surface area contributed by atoms with Gasteiger partial charge in [0.2, 0.25) is 0 Å². The molecule has 0 fully saturated rings. The molecule has 0 N–H and O–H groups in total. The van der Waals surface area contributed by atoms with E-state index in [9.17, 15) is 8.78 Å². The topological polar surface area (TPSA) is 41.6 Å². The fraction of sp³-hybridized carbons (Fsp3) is 0.231. The summed E-state index contributed by atoms with van der Waals surface area (Å²) in [6, 6.07) is 9.21. The Labute approximate surface area is 114 Å². The lowest BCUT2D eigenvalue weighted by molar-refractivity contribution is 0.144. The third-order valence-electron chi connectivity index (χ3n) is 2.69. The Hall–Kier alpha value is -1.93. The van der Waals surface area contributed by atoms with Crippen LogP contribution >= 0.6 is 11.6 Å². The minimum atomic E-state index is -2.81. The zero-order valence-electron chi connectivity index (χ0n) is 10.1. The summed E-state index contributed by atoms with van der Waals surface area (Å²) >= 11 is 5.90. The molecule has 0 spiro atoms. The largest absolute Gasteiger partial charge is 0.283 e.